The van der Waals surface area contributed by atoms with E-state index in [2.05, 4.69) is 17.4 Å². The van der Waals surface area contributed by atoms with E-state index in [-0.39, 0.29) is 11.8 Å². The molecule has 2 unspecified atom stereocenters. The molecule has 0 fully saturated rings. The average molecular weight is 234 g/mol. The van der Waals surface area contributed by atoms with E-state index in [0.29, 0.717) is 6.54 Å². The minimum atomic E-state index is -0.393. The fourth-order valence-electron chi connectivity index (χ4n) is 1.60. The standard InChI is InChI=1S/C14H22N2O/c1-3-11(2)13(15)14(17)16-10-9-12-7-5-4-6-8-12/h4-8,11,13H,3,9-10,15H2,1-2H3,(H,16,17). The molecule has 17 heavy (non-hydrogen) atoms. The second-order valence-corrected chi connectivity index (χ2v) is 4.44. The van der Waals surface area contributed by atoms with Crippen molar-refractivity contribution in [3.63, 3.8) is 0 Å². The van der Waals surface area contributed by atoms with E-state index in [1.54, 1.807) is 0 Å². The van der Waals surface area contributed by atoms with Crippen LogP contribution in [-0.2, 0) is 11.2 Å². The fourth-order valence-corrected chi connectivity index (χ4v) is 1.60. The first-order chi connectivity index (χ1) is 8.15. The lowest BCUT2D eigenvalue weighted by atomic mass is 9.99. The number of rotatable bonds is 6. The van der Waals surface area contributed by atoms with Gasteiger partial charge in [0.2, 0.25) is 5.91 Å². The molecule has 0 aliphatic carbocycles. The third-order valence-corrected chi connectivity index (χ3v) is 3.12. The molecule has 0 aliphatic rings. The Hall–Kier alpha value is -1.35. The van der Waals surface area contributed by atoms with Gasteiger partial charge in [-0.2, -0.15) is 0 Å². The predicted octanol–water partition coefficient (Wildman–Crippen LogP) is 1.72. The van der Waals surface area contributed by atoms with Crippen LogP contribution in [0.1, 0.15) is 25.8 Å². The van der Waals surface area contributed by atoms with Crippen LogP contribution in [0.3, 0.4) is 0 Å². The van der Waals surface area contributed by atoms with Crippen LogP contribution >= 0.6 is 0 Å². The van der Waals surface area contributed by atoms with E-state index in [1.807, 2.05) is 32.0 Å². The molecule has 0 aromatic heterocycles. The van der Waals surface area contributed by atoms with Gasteiger partial charge in [-0.05, 0) is 17.9 Å². The van der Waals surface area contributed by atoms with E-state index in [9.17, 15) is 4.79 Å². The molecular weight excluding hydrogens is 212 g/mol. The Morgan fingerprint density at radius 1 is 1.35 bits per heavy atom. The molecule has 1 rings (SSSR count). The number of nitrogens with two attached hydrogens (primary N) is 1. The smallest absolute Gasteiger partial charge is 0.237 e. The van der Waals surface area contributed by atoms with Crippen molar-refractivity contribution in [2.24, 2.45) is 11.7 Å². The van der Waals surface area contributed by atoms with Crippen LogP contribution in [0.4, 0.5) is 0 Å². The Labute approximate surface area is 103 Å². The molecule has 1 aromatic rings. The molecule has 0 heterocycles. The fraction of sp³-hybridized carbons (Fsp3) is 0.500. The molecule has 3 N–H and O–H groups in total. The van der Waals surface area contributed by atoms with Gasteiger partial charge in [0.05, 0.1) is 6.04 Å². The monoisotopic (exact) mass is 234 g/mol. The number of nitrogens with one attached hydrogen (secondary N) is 1. The zero-order chi connectivity index (χ0) is 12.7. The SMILES string of the molecule is CCC(C)C(N)C(=O)NCCc1ccccc1. The first-order valence-corrected chi connectivity index (χ1v) is 6.22. The minimum Gasteiger partial charge on any atom is -0.354 e. The van der Waals surface area contributed by atoms with Gasteiger partial charge in [0.1, 0.15) is 0 Å². The zero-order valence-corrected chi connectivity index (χ0v) is 10.6. The van der Waals surface area contributed by atoms with Gasteiger partial charge in [0.25, 0.3) is 0 Å². The van der Waals surface area contributed by atoms with Crippen molar-refractivity contribution >= 4 is 5.91 Å². The molecule has 94 valence electrons. The summed E-state index contributed by atoms with van der Waals surface area (Å²) < 4.78 is 0. The Balaban J connectivity index is 2.29. The molecule has 3 heteroatoms. The highest BCUT2D eigenvalue weighted by Crippen LogP contribution is 2.05. The van der Waals surface area contributed by atoms with Crippen LogP contribution < -0.4 is 11.1 Å². The van der Waals surface area contributed by atoms with Crippen LogP contribution in [0.25, 0.3) is 0 Å². The summed E-state index contributed by atoms with van der Waals surface area (Å²) in [5.41, 5.74) is 7.07. The Morgan fingerprint density at radius 2 is 2.00 bits per heavy atom. The van der Waals surface area contributed by atoms with Crippen molar-refractivity contribution < 1.29 is 4.79 Å². The maximum atomic E-state index is 11.7. The molecule has 0 spiro atoms. The predicted molar refractivity (Wildman–Crippen MR) is 70.6 cm³/mol. The summed E-state index contributed by atoms with van der Waals surface area (Å²) in [7, 11) is 0. The number of carbonyl (C=O) groups is 1. The molecule has 1 amide bonds. The Bertz CT molecular complexity index is 337. The lowest BCUT2D eigenvalue weighted by Crippen LogP contribution is -2.45. The quantitative estimate of drug-likeness (QED) is 0.787. The van der Waals surface area contributed by atoms with Gasteiger partial charge in [-0.15, -0.1) is 0 Å². The molecule has 0 bridgehead atoms. The number of hydrogen-bond acceptors (Lipinski definition) is 2. The van der Waals surface area contributed by atoms with Gasteiger partial charge in [-0.1, -0.05) is 50.6 Å². The van der Waals surface area contributed by atoms with E-state index in [1.165, 1.54) is 5.56 Å². The molecule has 3 nitrogen and oxygen atoms in total. The van der Waals surface area contributed by atoms with E-state index < -0.39 is 6.04 Å². The lowest BCUT2D eigenvalue weighted by Gasteiger charge is -2.17. The van der Waals surface area contributed by atoms with Crippen molar-refractivity contribution in [1.29, 1.82) is 0 Å². The minimum absolute atomic E-state index is 0.0460. The third kappa shape index (κ3) is 4.57. The van der Waals surface area contributed by atoms with E-state index in [0.717, 1.165) is 12.8 Å². The second-order valence-electron chi connectivity index (χ2n) is 4.44. The number of hydrogen-bond donors (Lipinski definition) is 2. The average Bonchev–Trinajstić information content (AvgIpc) is 2.38. The van der Waals surface area contributed by atoms with Gasteiger partial charge in [0, 0.05) is 6.54 Å². The van der Waals surface area contributed by atoms with Crippen LogP contribution in [0.15, 0.2) is 30.3 Å². The number of benzene rings is 1. The maximum absolute atomic E-state index is 11.7. The van der Waals surface area contributed by atoms with Gasteiger partial charge in [-0.3, -0.25) is 4.79 Å². The molecule has 0 saturated heterocycles. The molecule has 1 aromatic carbocycles. The lowest BCUT2D eigenvalue weighted by molar-refractivity contribution is -0.123. The van der Waals surface area contributed by atoms with Crippen molar-refractivity contribution in [1.82, 2.24) is 5.32 Å². The molecule has 2 atom stereocenters. The highest BCUT2D eigenvalue weighted by Gasteiger charge is 2.18. The highest BCUT2D eigenvalue weighted by atomic mass is 16.2. The molecular formula is C14H22N2O. The maximum Gasteiger partial charge on any atom is 0.237 e. The van der Waals surface area contributed by atoms with Gasteiger partial charge in [0.15, 0.2) is 0 Å². The van der Waals surface area contributed by atoms with Crippen molar-refractivity contribution in [3.8, 4) is 0 Å². The Morgan fingerprint density at radius 3 is 2.59 bits per heavy atom. The number of carbonyl (C=O) groups excluding carboxylic acids is 1. The van der Waals surface area contributed by atoms with Crippen LogP contribution in [0.5, 0.6) is 0 Å². The van der Waals surface area contributed by atoms with Crippen molar-refractivity contribution in [3.05, 3.63) is 35.9 Å². The Kier molecular flexibility index (Phi) is 5.70. The number of amides is 1. The van der Waals surface area contributed by atoms with Gasteiger partial charge < -0.3 is 11.1 Å². The van der Waals surface area contributed by atoms with Gasteiger partial charge >= 0.3 is 0 Å². The summed E-state index contributed by atoms with van der Waals surface area (Å²) in [6, 6.07) is 9.71. The summed E-state index contributed by atoms with van der Waals surface area (Å²) in [5.74, 6) is 0.182. The van der Waals surface area contributed by atoms with Crippen molar-refractivity contribution in [2.75, 3.05) is 6.54 Å². The first-order valence-electron chi connectivity index (χ1n) is 6.22. The van der Waals surface area contributed by atoms with Gasteiger partial charge in [-0.25, -0.2) is 0 Å². The molecule has 0 saturated carbocycles. The summed E-state index contributed by atoms with van der Waals surface area (Å²) in [5, 5.41) is 2.88. The first kappa shape index (κ1) is 13.7. The highest BCUT2D eigenvalue weighted by molar-refractivity contribution is 5.81. The second kappa shape index (κ2) is 7.07. The van der Waals surface area contributed by atoms with Crippen LogP contribution in [0.2, 0.25) is 0 Å². The van der Waals surface area contributed by atoms with E-state index >= 15 is 0 Å². The summed E-state index contributed by atoms with van der Waals surface area (Å²) in [6.07, 6.45) is 1.77. The summed E-state index contributed by atoms with van der Waals surface area (Å²) >= 11 is 0. The van der Waals surface area contributed by atoms with Crippen LogP contribution in [0, 0.1) is 5.92 Å². The summed E-state index contributed by atoms with van der Waals surface area (Å²) in [4.78, 5) is 11.7. The normalized spacial score (nSPS) is 14.1. The largest absolute Gasteiger partial charge is 0.354 e. The van der Waals surface area contributed by atoms with Crippen LogP contribution in [-0.4, -0.2) is 18.5 Å². The molecule has 0 aliphatic heterocycles. The van der Waals surface area contributed by atoms with E-state index in [4.69, 9.17) is 5.73 Å². The van der Waals surface area contributed by atoms with Crippen molar-refractivity contribution in [2.45, 2.75) is 32.7 Å². The molecule has 0 radical (unpaired) electrons. The topological polar surface area (TPSA) is 55.1 Å². The zero-order valence-electron chi connectivity index (χ0n) is 10.6. The summed E-state index contributed by atoms with van der Waals surface area (Å²) in [6.45, 7) is 4.69. The third-order valence-electron chi connectivity index (χ3n) is 3.12.